The number of carbonyl (C=O) groups is 2. The van der Waals surface area contributed by atoms with Gasteiger partial charge in [-0.2, -0.15) is 0 Å². The van der Waals surface area contributed by atoms with Gasteiger partial charge >= 0.3 is 0 Å². The van der Waals surface area contributed by atoms with E-state index in [0.717, 1.165) is 16.3 Å². The van der Waals surface area contributed by atoms with Crippen LogP contribution in [0.3, 0.4) is 0 Å². The van der Waals surface area contributed by atoms with E-state index in [2.05, 4.69) is 4.98 Å². The van der Waals surface area contributed by atoms with Gasteiger partial charge in [0.15, 0.2) is 4.96 Å². The molecule has 7 heteroatoms. The highest BCUT2D eigenvalue weighted by Crippen LogP contribution is 2.22. The van der Waals surface area contributed by atoms with Gasteiger partial charge < -0.3 is 10.6 Å². The van der Waals surface area contributed by atoms with E-state index in [-0.39, 0.29) is 17.7 Å². The number of fused-ring (bicyclic) bond motifs is 1. The molecule has 1 aliphatic rings. The standard InChI is InChI=1S/C15H18N4O2S/c1-9-7-19-12(10(2)17-15(19)22-9)3-4-13(20)18-6-5-11(8-18)14(16)21/h3-4,7,11H,5-6,8H2,1-2H3,(H2,16,21)/b4-3+. The number of thiazole rings is 1. The molecular formula is C15H18N4O2S. The second kappa shape index (κ2) is 5.57. The second-order valence-corrected chi connectivity index (χ2v) is 6.80. The summed E-state index contributed by atoms with van der Waals surface area (Å²) in [5.74, 6) is -0.647. The quantitative estimate of drug-likeness (QED) is 0.868. The molecule has 22 heavy (non-hydrogen) atoms. The van der Waals surface area contributed by atoms with E-state index in [9.17, 15) is 9.59 Å². The molecule has 116 valence electrons. The minimum absolute atomic E-state index is 0.0925. The second-order valence-electron chi connectivity index (χ2n) is 5.58. The van der Waals surface area contributed by atoms with Gasteiger partial charge in [0.05, 0.1) is 17.3 Å². The molecule has 1 unspecified atom stereocenters. The highest BCUT2D eigenvalue weighted by atomic mass is 32.1. The molecular weight excluding hydrogens is 300 g/mol. The Morgan fingerprint density at radius 1 is 1.45 bits per heavy atom. The van der Waals surface area contributed by atoms with Crippen LogP contribution in [-0.2, 0) is 9.59 Å². The van der Waals surface area contributed by atoms with Crippen LogP contribution in [0, 0.1) is 19.8 Å². The molecule has 3 rings (SSSR count). The fourth-order valence-electron chi connectivity index (χ4n) is 2.73. The lowest BCUT2D eigenvalue weighted by Gasteiger charge is -2.13. The SMILES string of the molecule is Cc1cn2c(/C=C/C(=O)N3CCC(C(N)=O)C3)c(C)nc2s1. The monoisotopic (exact) mass is 318 g/mol. The lowest BCUT2D eigenvalue weighted by molar-refractivity contribution is -0.125. The minimum Gasteiger partial charge on any atom is -0.369 e. The van der Waals surface area contributed by atoms with Crippen molar-refractivity contribution in [3.05, 3.63) is 28.5 Å². The Morgan fingerprint density at radius 3 is 2.91 bits per heavy atom. The lowest BCUT2D eigenvalue weighted by Crippen LogP contribution is -2.30. The Hall–Kier alpha value is -2.15. The maximum atomic E-state index is 12.2. The average molecular weight is 318 g/mol. The molecule has 0 radical (unpaired) electrons. The fraction of sp³-hybridized carbons (Fsp3) is 0.400. The van der Waals surface area contributed by atoms with E-state index in [1.165, 1.54) is 4.88 Å². The first-order valence-corrected chi connectivity index (χ1v) is 7.98. The topological polar surface area (TPSA) is 80.7 Å². The smallest absolute Gasteiger partial charge is 0.246 e. The van der Waals surface area contributed by atoms with Crippen LogP contribution < -0.4 is 5.73 Å². The molecule has 0 spiro atoms. The zero-order chi connectivity index (χ0) is 15.9. The molecule has 6 nitrogen and oxygen atoms in total. The summed E-state index contributed by atoms with van der Waals surface area (Å²) < 4.78 is 2.00. The van der Waals surface area contributed by atoms with Crippen LogP contribution in [0.2, 0.25) is 0 Å². The number of likely N-dealkylation sites (tertiary alicyclic amines) is 1. The van der Waals surface area contributed by atoms with Crippen molar-refractivity contribution in [3.63, 3.8) is 0 Å². The van der Waals surface area contributed by atoms with E-state index in [4.69, 9.17) is 5.73 Å². The molecule has 2 aromatic heterocycles. The molecule has 0 aromatic carbocycles. The molecule has 2 N–H and O–H groups in total. The number of imidazole rings is 1. The maximum absolute atomic E-state index is 12.2. The van der Waals surface area contributed by atoms with E-state index in [1.807, 2.05) is 24.4 Å². The van der Waals surface area contributed by atoms with Gasteiger partial charge in [-0.3, -0.25) is 14.0 Å². The third kappa shape index (κ3) is 2.64. The molecule has 0 saturated carbocycles. The van der Waals surface area contributed by atoms with Gasteiger partial charge in [0, 0.05) is 30.2 Å². The Bertz CT molecular complexity index is 774. The van der Waals surface area contributed by atoms with E-state index in [1.54, 1.807) is 28.4 Å². The van der Waals surface area contributed by atoms with Crippen LogP contribution >= 0.6 is 11.3 Å². The Balaban J connectivity index is 1.77. The molecule has 2 aromatic rings. The summed E-state index contributed by atoms with van der Waals surface area (Å²) in [7, 11) is 0. The number of nitrogens with two attached hydrogens (primary N) is 1. The third-order valence-corrected chi connectivity index (χ3v) is 4.85. The van der Waals surface area contributed by atoms with Crippen LogP contribution in [0.25, 0.3) is 11.0 Å². The van der Waals surface area contributed by atoms with Crippen LogP contribution in [-0.4, -0.2) is 39.2 Å². The summed E-state index contributed by atoms with van der Waals surface area (Å²) in [5.41, 5.74) is 7.10. The van der Waals surface area contributed by atoms with Crippen molar-refractivity contribution in [2.75, 3.05) is 13.1 Å². The number of aryl methyl sites for hydroxylation is 2. The largest absolute Gasteiger partial charge is 0.369 e. The zero-order valence-electron chi connectivity index (χ0n) is 12.6. The Labute approximate surface area is 132 Å². The first-order chi connectivity index (χ1) is 10.5. The van der Waals surface area contributed by atoms with Gasteiger partial charge in [0.1, 0.15) is 0 Å². The normalized spacial score (nSPS) is 18.6. The molecule has 1 saturated heterocycles. The number of nitrogens with zero attached hydrogens (tertiary/aromatic N) is 3. The van der Waals surface area contributed by atoms with Crippen molar-refractivity contribution >= 4 is 34.2 Å². The third-order valence-electron chi connectivity index (χ3n) is 3.95. The van der Waals surface area contributed by atoms with Crippen molar-refractivity contribution in [2.24, 2.45) is 11.7 Å². The van der Waals surface area contributed by atoms with Crippen molar-refractivity contribution < 1.29 is 9.59 Å². The van der Waals surface area contributed by atoms with Crippen LogP contribution in [0.1, 0.15) is 22.7 Å². The van der Waals surface area contributed by atoms with Crippen LogP contribution in [0.4, 0.5) is 0 Å². The number of hydrogen-bond donors (Lipinski definition) is 1. The van der Waals surface area contributed by atoms with Gasteiger partial charge in [-0.25, -0.2) is 4.98 Å². The first kappa shape index (κ1) is 14.8. The number of primary amides is 1. The number of carbonyl (C=O) groups excluding carboxylic acids is 2. The molecule has 2 amide bonds. The summed E-state index contributed by atoms with van der Waals surface area (Å²) in [5, 5.41) is 0. The summed E-state index contributed by atoms with van der Waals surface area (Å²) in [6.45, 7) is 4.95. The Kier molecular flexibility index (Phi) is 3.74. The maximum Gasteiger partial charge on any atom is 0.246 e. The zero-order valence-corrected chi connectivity index (χ0v) is 13.4. The van der Waals surface area contributed by atoms with E-state index < -0.39 is 0 Å². The number of rotatable bonds is 3. The van der Waals surface area contributed by atoms with Gasteiger partial charge in [-0.05, 0) is 26.3 Å². The van der Waals surface area contributed by atoms with Gasteiger partial charge in [-0.15, -0.1) is 11.3 Å². The van der Waals surface area contributed by atoms with Gasteiger partial charge in [-0.1, -0.05) is 0 Å². The molecule has 1 aliphatic heterocycles. The molecule has 1 atom stereocenters. The molecule has 0 bridgehead atoms. The van der Waals surface area contributed by atoms with E-state index in [0.29, 0.717) is 19.5 Å². The summed E-state index contributed by atoms with van der Waals surface area (Å²) in [6.07, 6.45) is 6.01. The van der Waals surface area contributed by atoms with Crippen molar-refractivity contribution in [1.82, 2.24) is 14.3 Å². The molecule has 0 aliphatic carbocycles. The fourth-order valence-corrected chi connectivity index (χ4v) is 3.61. The summed E-state index contributed by atoms with van der Waals surface area (Å²) in [4.78, 5) is 31.6. The van der Waals surface area contributed by atoms with Gasteiger partial charge in [0.2, 0.25) is 11.8 Å². The summed E-state index contributed by atoms with van der Waals surface area (Å²) >= 11 is 1.62. The van der Waals surface area contributed by atoms with Crippen molar-refractivity contribution in [1.29, 1.82) is 0 Å². The predicted octanol–water partition coefficient (Wildman–Crippen LogP) is 1.36. The van der Waals surface area contributed by atoms with Crippen molar-refractivity contribution in [2.45, 2.75) is 20.3 Å². The van der Waals surface area contributed by atoms with Gasteiger partial charge in [0.25, 0.3) is 0 Å². The molecule has 1 fully saturated rings. The Morgan fingerprint density at radius 2 is 2.23 bits per heavy atom. The average Bonchev–Trinajstić information content (AvgIpc) is 3.11. The van der Waals surface area contributed by atoms with E-state index >= 15 is 0 Å². The number of aromatic nitrogens is 2. The number of hydrogen-bond acceptors (Lipinski definition) is 4. The predicted molar refractivity (Wildman–Crippen MR) is 85.5 cm³/mol. The minimum atomic E-state index is -0.332. The molecule has 3 heterocycles. The highest BCUT2D eigenvalue weighted by Gasteiger charge is 2.28. The lowest BCUT2D eigenvalue weighted by atomic mass is 10.1. The van der Waals surface area contributed by atoms with Crippen LogP contribution in [0.15, 0.2) is 12.3 Å². The van der Waals surface area contributed by atoms with Crippen LogP contribution in [0.5, 0.6) is 0 Å². The summed E-state index contributed by atoms with van der Waals surface area (Å²) in [6, 6.07) is 0. The van der Waals surface area contributed by atoms with Crippen molar-refractivity contribution in [3.8, 4) is 0 Å². The highest BCUT2D eigenvalue weighted by molar-refractivity contribution is 7.17. The number of amides is 2. The first-order valence-electron chi connectivity index (χ1n) is 7.17.